The summed E-state index contributed by atoms with van der Waals surface area (Å²) in [5, 5.41) is 10.2. The quantitative estimate of drug-likeness (QED) is 0.427. The third-order valence-electron chi connectivity index (χ3n) is 3.45. The SMILES string of the molecule is CCCCCCCCCC(C)(O)CC(OC)OC. The van der Waals surface area contributed by atoms with Crippen molar-refractivity contribution in [1.82, 2.24) is 0 Å². The van der Waals surface area contributed by atoms with Crippen molar-refractivity contribution in [1.29, 1.82) is 0 Å². The van der Waals surface area contributed by atoms with Crippen LogP contribution < -0.4 is 0 Å². The average molecular weight is 260 g/mol. The lowest BCUT2D eigenvalue weighted by Crippen LogP contribution is -2.31. The summed E-state index contributed by atoms with van der Waals surface area (Å²) in [5.41, 5.74) is -0.680. The second kappa shape index (κ2) is 10.8. The Hall–Kier alpha value is -0.120. The Bertz CT molecular complexity index is 177. The summed E-state index contributed by atoms with van der Waals surface area (Å²) >= 11 is 0. The highest BCUT2D eigenvalue weighted by Gasteiger charge is 2.24. The Morgan fingerprint density at radius 3 is 1.94 bits per heavy atom. The van der Waals surface area contributed by atoms with E-state index in [0.717, 1.165) is 12.8 Å². The fourth-order valence-corrected chi connectivity index (χ4v) is 2.19. The van der Waals surface area contributed by atoms with E-state index in [9.17, 15) is 5.11 Å². The van der Waals surface area contributed by atoms with E-state index in [1.54, 1.807) is 14.2 Å². The Kier molecular flexibility index (Phi) is 10.7. The minimum atomic E-state index is -0.680. The molecule has 0 fully saturated rings. The van der Waals surface area contributed by atoms with E-state index in [4.69, 9.17) is 9.47 Å². The molecule has 1 unspecified atom stereocenters. The lowest BCUT2D eigenvalue weighted by molar-refractivity contribution is -0.141. The van der Waals surface area contributed by atoms with Gasteiger partial charge in [0.2, 0.25) is 0 Å². The van der Waals surface area contributed by atoms with E-state index >= 15 is 0 Å². The lowest BCUT2D eigenvalue weighted by Gasteiger charge is -2.27. The zero-order valence-corrected chi connectivity index (χ0v) is 12.7. The summed E-state index contributed by atoms with van der Waals surface area (Å²) in [4.78, 5) is 0. The summed E-state index contributed by atoms with van der Waals surface area (Å²) in [6.45, 7) is 4.11. The van der Waals surface area contributed by atoms with E-state index in [1.807, 2.05) is 6.92 Å². The maximum absolute atomic E-state index is 10.2. The Morgan fingerprint density at radius 1 is 0.944 bits per heavy atom. The first-order valence-corrected chi connectivity index (χ1v) is 7.33. The molecule has 0 rings (SSSR count). The third kappa shape index (κ3) is 9.86. The van der Waals surface area contributed by atoms with Gasteiger partial charge in [-0.3, -0.25) is 0 Å². The molecule has 0 aromatic heterocycles. The van der Waals surface area contributed by atoms with Crippen LogP contribution in [0.5, 0.6) is 0 Å². The monoisotopic (exact) mass is 260 g/mol. The minimum Gasteiger partial charge on any atom is -0.390 e. The molecule has 3 heteroatoms. The first-order valence-electron chi connectivity index (χ1n) is 7.33. The number of aliphatic hydroxyl groups is 1. The number of rotatable bonds is 12. The number of unbranched alkanes of at least 4 members (excludes halogenated alkanes) is 6. The molecule has 3 nitrogen and oxygen atoms in total. The smallest absolute Gasteiger partial charge is 0.159 e. The van der Waals surface area contributed by atoms with Gasteiger partial charge in [-0.05, 0) is 13.3 Å². The van der Waals surface area contributed by atoms with Crippen molar-refractivity contribution in [3.63, 3.8) is 0 Å². The van der Waals surface area contributed by atoms with Crippen LogP contribution in [-0.4, -0.2) is 31.2 Å². The fourth-order valence-electron chi connectivity index (χ4n) is 2.19. The van der Waals surface area contributed by atoms with Crippen LogP contribution in [0.2, 0.25) is 0 Å². The molecule has 0 saturated heterocycles. The Balaban J connectivity index is 3.57. The van der Waals surface area contributed by atoms with Crippen molar-refractivity contribution in [2.45, 2.75) is 83.5 Å². The molecule has 0 radical (unpaired) electrons. The van der Waals surface area contributed by atoms with Crippen molar-refractivity contribution in [2.24, 2.45) is 0 Å². The van der Waals surface area contributed by atoms with Crippen molar-refractivity contribution < 1.29 is 14.6 Å². The summed E-state index contributed by atoms with van der Waals surface area (Å²) in [6, 6.07) is 0. The highest BCUT2D eigenvalue weighted by Crippen LogP contribution is 2.22. The Labute approximate surface area is 113 Å². The number of ether oxygens (including phenoxy) is 2. The van der Waals surface area contributed by atoms with Gasteiger partial charge in [-0.15, -0.1) is 0 Å². The molecule has 110 valence electrons. The second-order valence-electron chi connectivity index (χ2n) is 5.47. The number of hydrogen-bond donors (Lipinski definition) is 1. The number of methoxy groups -OCH3 is 2. The Morgan fingerprint density at radius 2 is 1.44 bits per heavy atom. The predicted octanol–water partition coefficient (Wildman–Crippen LogP) is 3.89. The largest absolute Gasteiger partial charge is 0.390 e. The van der Waals surface area contributed by atoms with Gasteiger partial charge < -0.3 is 14.6 Å². The summed E-state index contributed by atoms with van der Waals surface area (Å²) in [6.07, 6.45) is 9.96. The molecule has 0 bridgehead atoms. The third-order valence-corrected chi connectivity index (χ3v) is 3.45. The summed E-state index contributed by atoms with van der Waals surface area (Å²) in [7, 11) is 3.22. The summed E-state index contributed by atoms with van der Waals surface area (Å²) in [5.74, 6) is 0. The van der Waals surface area contributed by atoms with Gasteiger partial charge in [-0.1, -0.05) is 51.9 Å². The van der Waals surface area contributed by atoms with E-state index in [1.165, 1.54) is 38.5 Å². The average Bonchev–Trinajstić information content (AvgIpc) is 2.35. The first-order chi connectivity index (χ1) is 8.55. The molecule has 0 aliphatic rings. The van der Waals surface area contributed by atoms with E-state index in [0.29, 0.717) is 6.42 Å². The fraction of sp³-hybridized carbons (Fsp3) is 1.00. The molecular weight excluding hydrogens is 228 g/mol. The topological polar surface area (TPSA) is 38.7 Å². The summed E-state index contributed by atoms with van der Waals surface area (Å²) < 4.78 is 10.2. The zero-order valence-electron chi connectivity index (χ0n) is 12.7. The number of hydrogen-bond acceptors (Lipinski definition) is 3. The van der Waals surface area contributed by atoms with Gasteiger partial charge in [-0.25, -0.2) is 0 Å². The first kappa shape index (κ1) is 17.9. The molecule has 0 aromatic carbocycles. The molecule has 0 spiro atoms. The molecule has 18 heavy (non-hydrogen) atoms. The van der Waals surface area contributed by atoms with Crippen LogP contribution in [0.15, 0.2) is 0 Å². The van der Waals surface area contributed by atoms with Crippen LogP contribution in [0.3, 0.4) is 0 Å². The highest BCUT2D eigenvalue weighted by atomic mass is 16.7. The van der Waals surface area contributed by atoms with E-state index in [2.05, 4.69) is 6.92 Å². The van der Waals surface area contributed by atoms with E-state index in [-0.39, 0.29) is 6.29 Å². The molecule has 1 atom stereocenters. The van der Waals surface area contributed by atoms with Gasteiger partial charge in [0.05, 0.1) is 5.60 Å². The van der Waals surface area contributed by atoms with Gasteiger partial charge in [0, 0.05) is 20.6 Å². The second-order valence-corrected chi connectivity index (χ2v) is 5.47. The van der Waals surface area contributed by atoms with Crippen LogP contribution in [0.4, 0.5) is 0 Å². The highest BCUT2D eigenvalue weighted by molar-refractivity contribution is 4.74. The van der Waals surface area contributed by atoms with Gasteiger partial charge >= 0.3 is 0 Å². The molecule has 0 aliphatic carbocycles. The molecule has 0 saturated carbocycles. The normalized spacial score (nSPS) is 15.0. The molecule has 0 aromatic rings. The molecule has 0 amide bonds. The molecular formula is C15H32O3. The van der Waals surface area contributed by atoms with Crippen LogP contribution in [0.25, 0.3) is 0 Å². The molecule has 0 heterocycles. The lowest BCUT2D eigenvalue weighted by atomic mass is 9.94. The maximum atomic E-state index is 10.2. The van der Waals surface area contributed by atoms with E-state index < -0.39 is 5.60 Å². The van der Waals surface area contributed by atoms with Gasteiger partial charge in [-0.2, -0.15) is 0 Å². The van der Waals surface area contributed by atoms with Gasteiger partial charge in [0.25, 0.3) is 0 Å². The van der Waals surface area contributed by atoms with Crippen LogP contribution in [0.1, 0.15) is 71.6 Å². The predicted molar refractivity (Wildman–Crippen MR) is 75.7 cm³/mol. The van der Waals surface area contributed by atoms with Crippen molar-refractivity contribution in [2.75, 3.05) is 14.2 Å². The standard InChI is InChI=1S/C15H32O3/c1-5-6-7-8-9-10-11-12-15(2,16)13-14(17-3)18-4/h14,16H,5-13H2,1-4H3. The zero-order chi connectivity index (χ0) is 13.9. The van der Waals surface area contributed by atoms with Crippen LogP contribution in [0, 0.1) is 0 Å². The van der Waals surface area contributed by atoms with Crippen LogP contribution in [-0.2, 0) is 9.47 Å². The molecule has 0 aliphatic heterocycles. The van der Waals surface area contributed by atoms with Crippen LogP contribution >= 0.6 is 0 Å². The van der Waals surface area contributed by atoms with Crippen molar-refractivity contribution >= 4 is 0 Å². The maximum Gasteiger partial charge on any atom is 0.159 e. The van der Waals surface area contributed by atoms with Crippen molar-refractivity contribution in [3.05, 3.63) is 0 Å². The van der Waals surface area contributed by atoms with Gasteiger partial charge in [0.15, 0.2) is 6.29 Å². The minimum absolute atomic E-state index is 0.301. The van der Waals surface area contributed by atoms with Gasteiger partial charge in [0.1, 0.15) is 0 Å². The molecule has 1 N–H and O–H groups in total. The van der Waals surface area contributed by atoms with Crippen molar-refractivity contribution in [3.8, 4) is 0 Å².